The number of esters is 1. The summed E-state index contributed by atoms with van der Waals surface area (Å²) in [6, 6.07) is 0. The van der Waals surface area contributed by atoms with Crippen LogP contribution >= 0.6 is 0 Å². The Labute approximate surface area is 156 Å². The molecular formula is C22H32F2O2. The topological polar surface area (TPSA) is 26.3 Å². The molecule has 2 aliphatic rings. The van der Waals surface area contributed by atoms with Crippen LogP contribution in [0.25, 0.3) is 0 Å². The molecule has 0 radical (unpaired) electrons. The van der Waals surface area contributed by atoms with Crippen LogP contribution in [0.4, 0.5) is 8.78 Å². The van der Waals surface area contributed by atoms with Crippen molar-refractivity contribution in [3.63, 3.8) is 0 Å². The fourth-order valence-electron chi connectivity index (χ4n) is 3.89. The SMILES string of the molecule is CCCC1=CCC(/C=C/C2CCC(OC(=O)CCC=C(F)F)CC2)CC1. The van der Waals surface area contributed by atoms with Gasteiger partial charge in [-0.2, -0.15) is 8.78 Å². The van der Waals surface area contributed by atoms with Crippen LogP contribution in [-0.4, -0.2) is 12.1 Å². The summed E-state index contributed by atoms with van der Waals surface area (Å²) in [5.41, 5.74) is 1.63. The zero-order valence-corrected chi connectivity index (χ0v) is 15.9. The lowest BCUT2D eigenvalue weighted by Crippen LogP contribution is -2.23. The molecule has 26 heavy (non-hydrogen) atoms. The van der Waals surface area contributed by atoms with Gasteiger partial charge < -0.3 is 4.74 Å². The Morgan fingerprint density at radius 2 is 1.88 bits per heavy atom. The van der Waals surface area contributed by atoms with E-state index in [0.717, 1.165) is 31.8 Å². The van der Waals surface area contributed by atoms with E-state index in [0.29, 0.717) is 11.8 Å². The van der Waals surface area contributed by atoms with E-state index in [1.807, 2.05) is 0 Å². The summed E-state index contributed by atoms with van der Waals surface area (Å²) in [6.07, 6.45) is 16.3. The van der Waals surface area contributed by atoms with Gasteiger partial charge in [0, 0.05) is 6.42 Å². The molecular weight excluding hydrogens is 334 g/mol. The minimum atomic E-state index is -1.74. The molecule has 1 unspecified atom stereocenters. The van der Waals surface area contributed by atoms with E-state index >= 15 is 0 Å². The van der Waals surface area contributed by atoms with Gasteiger partial charge in [0.1, 0.15) is 6.10 Å². The van der Waals surface area contributed by atoms with Crippen LogP contribution in [0.2, 0.25) is 0 Å². The number of halogens is 2. The Balaban J connectivity index is 1.64. The summed E-state index contributed by atoms with van der Waals surface area (Å²) in [5, 5.41) is 0. The number of carbonyl (C=O) groups excluding carboxylic acids is 1. The van der Waals surface area contributed by atoms with Crippen molar-refractivity contribution in [3.8, 4) is 0 Å². The van der Waals surface area contributed by atoms with Gasteiger partial charge >= 0.3 is 5.97 Å². The smallest absolute Gasteiger partial charge is 0.306 e. The van der Waals surface area contributed by atoms with Crippen molar-refractivity contribution in [2.45, 2.75) is 83.7 Å². The van der Waals surface area contributed by atoms with Crippen molar-refractivity contribution in [1.82, 2.24) is 0 Å². The predicted molar refractivity (Wildman–Crippen MR) is 101 cm³/mol. The van der Waals surface area contributed by atoms with Crippen LogP contribution in [0.1, 0.15) is 77.6 Å². The summed E-state index contributed by atoms with van der Waals surface area (Å²) >= 11 is 0. The Bertz CT molecular complexity index is 524. The lowest BCUT2D eigenvalue weighted by Gasteiger charge is -2.27. The molecule has 4 heteroatoms. The van der Waals surface area contributed by atoms with E-state index in [4.69, 9.17) is 4.74 Å². The first kappa shape index (κ1) is 20.9. The molecule has 0 N–H and O–H groups in total. The number of rotatable bonds is 8. The molecule has 0 spiro atoms. The van der Waals surface area contributed by atoms with Crippen LogP contribution in [-0.2, 0) is 9.53 Å². The molecule has 0 aromatic carbocycles. The van der Waals surface area contributed by atoms with E-state index in [-0.39, 0.29) is 24.9 Å². The van der Waals surface area contributed by atoms with Gasteiger partial charge in [-0.15, -0.1) is 0 Å². The first-order valence-electron chi connectivity index (χ1n) is 10.1. The summed E-state index contributed by atoms with van der Waals surface area (Å²) in [6.45, 7) is 2.24. The highest BCUT2D eigenvalue weighted by molar-refractivity contribution is 5.69. The van der Waals surface area contributed by atoms with E-state index in [2.05, 4.69) is 25.2 Å². The van der Waals surface area contributed by atoms with E-state index in [9.17, 15) is 13.6 Å². The van der Waals surface area contributed by atoms with Crippen LogP contribution in [0, 0.1) is 11.8 Å². The number of hydrogen-bond acceptors (Lipinski definition) is 2. The summed E-state index contributed by atoms with van der Waals surface area (Å²) < 4.78 is 29.3. The third-order valence-electron chi connectivity index (χ3n) is 5.44. The summed E-state index contributed by atoms with van der Waals surface area (Å²) in [4.78, 5) is 11.7. The highest BCUT2D eigenvalue weighted by Gasteiger charge is 2.22. The Kier molecular flexibility index (Phi) is 9.07. The monoisotopic (exact) mass is 366 g/mol. The number of carbonyl (C=O) groups is 1. The molecule has 0 aromatic heterocycles. The maximum Gasteiger partial charge on any atom is 0.306 e. The van der Waals surface area contributed by atoms with Crippen molar-refractivity contribution in [3.05, 3.63) is 36.0 Å². The zero-order valence-electron chi connectivity index (χ0n) is 15.9. The first-order chi connectivity index (χ1) is 12.6. The van der Waals surface area contributed by atoms with Crippen molar-refractivity contribution in [1.29, 1.82) is 0 Å². The second-order valence-corrected chi connectivity index (χ2v) is 7.59. The molecule has 1 atom stereocenters. The first-order valence-corrected chi connectivity index (χ1v) is 10.1. The van der Waals surface area contributed by atoms with Crippen molar-refractivity contribution < 1.29 is 18.3 Å². The second kappa shape index (κ2) is 11.3. The van der Waals surface area contributed by atoms with Gasteiger partial charge in [-0.25, -0.2) is 0 Å². The number of hydrogen-bond donors (Lipinski definition) is 0. The number of ether oxygens (including phenoxy) is 1. The molecule has 0 saturated heterocycles. The number of allylic oxidation sites excluding steroid dienone is 5. The molecule has 1 fully saturated rings. The molecule has 0 aliphatic heterocycles. The Hall–Kier alpha value is -1.45. The van der Waals surface area contributed by atoms with E-state index in [1.165, 1.54) is 32.1 Å². The largest absolute Gasteiger partial charge is 0.462 e. The average Bonchev–Trinajstić information content (AvgIpc) is 2.62. The van der Waals surface area contributed by atoms with Gasteiger partial charge in [0.05, 0.1) is 0 Å². The summed E-state index contributed by atoms with van der Waals surface area (Å²) in [5.74, 6) is 0.892. The van der Waals surface area contributed by atoms with Crippen LogP contribution in [0.3, 0.4) is 0 Å². The van der Waals surface area contributed by atoms with Crippen LogP contribution in [0.5, 0.6) is 0 Å². The average molecular weight is 366 g/mol. The van der Waals surface area contributed by atoms with Crippen LogP contribution < -0.4 is 0 Å². The molecule has 1 saturated carbocycles. The minimum Gasteiger partial charge on any atom is -0.462 e. The molecule has 146 valence electrons. The zero-order chi connectivity index (χ0) is 18.8. The summed E-state index contributed by atoms with van der Waals surface area (Å²) in [7, 11) is 0. The Morgan fingerprint density at radius 1 is 1.15 bits per heavy atom. The van der Waals surface area contributed by atoms with Gasteiger partial charge in [-0.1, -0.05) is 37.1 Å². The molecule has 2 aliphatic carbocycles. The van der Waals surface area contributed by atoms with Gasteiger partial charge in [0.15, 0.2) is 0 Å². The standard InChI is InChI=1S/C22H32F2O2/c1-2-4-17-7-9-18(10-8-17)11-12-19-13-15-20(16-14-19)26-22(25)6-3-5-21(23)24/h5,7,11-12,18-20H,2-4,6,8-10,13-16H2,1H3/b12-11+. The highest BCUT2D eigenvalue weighted by Crippen LogP contribution is 2.31. The third kappa shape index (κ3) is 7.84. The predicted octanol–water partition coefficient (Wildman–Crippen LogP) is 6.73. The molecule has 2 nitrogen and oxygen atoms in total. The normalized spacial score (nSPS) is 26.4. The molecule has 0 bridgehead atoms. The highest BCUT2D eigenvalue weighted by atomic mass is 19.3. The minimum absolute atomic E-state index is 0.0341. The lowest BCUT2D eigenvalue weighted by molar-refractivity contribution is -0.150. The van der Waals surface area contributed by atoms with Crippen LogP contribution in [0.15, 0.2) is 36.0 Å². The van der Waals surface area contributed by atoms with Crippen molar-refractivity contribution in [2.75, 3.05) is 0 Å². The van der Waals surface area contributed by atoms with Gasteiger partial charge in [-0.05, 0) is 75.7 Å². The third-order valence-corrected chi connectivity index (χ3v) is 5.44. The van der Waals surface area contributed by atoms with Gasteiger partial charge in [0.25, 0.3) is 6.08 Å². The fourth-order valence-corrected chi connectivity index (χ4v) is 3.89. The molecule has 0 aromatic rings. The fraction of sp³-hybridized carbons (Fsp3) is 0.682. The molecule has 0 heterocycles. The lowest BCUT2D eigenvalue weighted by atomic mass is 9.84. The second-order valence-electron chi connectivity index (χ2n) is 7.59. The van der Waals surface area contributed by atoms with Crippen molar-refractivity contribution >= 4 is 5.97 Å². The molecule has 0 amide bonds. The maximum atomic E-state index is 11.9. The quantitative estimate of drug-likeness (QED) is 0.351. The van der Waals surface area contributed by atoms with E-state index in [1.54, 1.807) is 5.57 Å². The van der Waals surface area contributed by atoms with Gasteiger partial charge in [0.2, 0.25) is 0 Å². The van der Waals surface area contributed by atoms with Crippen molar-refractivity contribution in [2.24, 2.45) is 11.8 Å². The maximum absolute atomic E-state index is 11.9. The Morgan fingerprint density at radius 3 is 2.50 bits per heavy atom. The van der Waals surface area contributed by atoms with E-state index < -0.39 is 6.08 Å². The molecule has 2 rings (SSSR count). The van der Waals surface area contributed by atoms with Gasteiger partial charge in [-0.3, -0.25) is 4.79 Å².